The fraction of sp³-hybridized carbons (Fsp3) is 0.417. The molecule has 4 aromatic rings. The summed E-state index contributed by atoms with van der Waals surface area (Å²) in [6, 6.07) is 11.5. The number of carbonyl (C=O) groups excluding carboxylic acids is 1. The second-order valence-electron chi connectivity index (χ2n) is 12.7. The summed E-state index contributed by atoms with van der Waals surface area (Å²) in [7, 11) is 4.79. The molecule has 2 fully saturated rings. The van der Waals surface area contributed by atoms with Crippen LogP contribution in [0, 0.1) is 5.41 Å². The fourth-order valence-corrected chi connectivity index (χ4v) is 7.30. The third-order valence-corrected chi connectivity index (χ3v) is 10.1. The van der Waals surface area contributed by atoms with Crippen molar-refractivity contribution in [2.45, 2.75) is 38.4 Å². The van der Waals surface area contributed by atoms with Crippen molar-refractivity contribution in [3.8, 4) is 45.4 Å². The lowest BCUT2D eigenvalue weighted by Crippen LogP contribution is -2.35. The molecule has 264 valence electrons. The summed E-state index contributed by atoms with van der Waals surface area (Å²) >= 11 is 14.1. The van der Waals surface area contributed by atoms with Gasteiger partial charge in [-0.05, 0) is 19.4 Å². The van der Waals surface area contributed by atoms with Gasteiger partial charge in [0.1, 0.15) is 11.4 Å². The zero-order valence-corrected chi connectivity index (χ0v) is 29.9. The average molecular weight is 723 g/mol. The molecule has 1 unspecified atom stereocenters. The van der Waals surface area contributed by atoms with E-state index in [9.17, 15) is 9.90 Å². The number of hydrogen-bond donors (Lipinski definition) is 3. The number of hydrogen-bond acceptors (Lipinski definition) is 11. The predicted octanol–water partition coefficient (Wildman–Crippen LogP) is 4.79. The summed E-state index contributed by atoms with van der Waals surface area (Å²) in [6.07, 6.45) is 5.58. The van der Waals surface area contributed by atoms with Gasteiger partial charge in [-0.25, -0.2) is 9.97 Å². The van der Waals surface area contributed by atoms with Crippen molar-refractivity contribution in [3.05, 3.63) is 70.2 Å². The molecule has 6 rings (SSSR count). The van der Waals surface area contributed by atoms with Gasteiger partial charge >= 0.3 is 0 Å². The first-order chi connectivity index (χ1) is 24.3. The Bertz CT molecular complexity index is 1850. The van der Waals surface area contributed by atoms with Gasteiger partial charge in [-0.1, -0.05) is 59.6 Å². The second kappa shape index (κ2) is 16.0. The summed E-state index contributed by atoms with van der Waals surface area (Å²) in [5.41, 5.74) is 4.97. The Labute approximate surface area is 301 Å². The highest BCUT2D eigenvalue weighted by Gasteiger charge is 2.38. The summed E-state index contributed by atoms with van der Waals surface area (Å²) in [6.45, 7) is 3.67. The molecule has 2 atom stereocenters. The molecule has 0 radical (unpaired) electrons. The number of nitrogens with zero attached hydrogens (tertiary/aromatic N) is 5. The molecular formula is C36H41Cl2N7O5. The number of nitrogens with one attached hydrogen (secondary N) is 2. The van der Waals surface area contributed by atoms with Crippen LogP contribution in [0.1, 0.15) is 30.7 Å². The molecule has 2 saturated heterocycles. The Morgan fingerprint density at radius 2 is 1.54 bits per heavy atom. The van der Waals surface area contributed by atoms with Crippen LogP contribution in [-0.2, 0) is 22.6 Å². The Balaban J connectivity index is 1.22. The molecule has 12 nitrogen and oxygen atoms in total. The Kier molecular flexibility index (Phi) is 11.5. The zero-order valence-electron chi connectivity index (χ0n) is 28.3. The summed E-state index contributed by atoms with van der Waals surface area (Å²) in [4.78, 5) is 32.6. The number of ether oxygens (including phenoxy) is 3. The van der Waals surface area contributed by atoms with Crippen LogP contribution in [-0.4, -0.2) is 96.1 Å². The molecule has 2 aromatic carbocycles. The molecule has 2 aliphatic rings. The molecule has 1 amide bonds. The highest BCUT2D eigenvalue weighted by molar-refractivity contribution is 6.39. The molecule has 3 N–H and O–H groups in total. The van der Waals surface area contributed by atoms with Crippen molar-refractivity contribution in [3.63, 3.8) is 0 Å². The number of carbonyl (C=O) groups is 1. The zero-order chi connectivity index (χ0) is 35.3. The van der Waals surface area contributed by atoms with Gasteiger partial charge < -0.3 is 30.0 Å². The number of methoxy groups -OCH3 is 3. The van der Waals surface area contributed by atoms with E-state index in [2.05, 4.69) is 20.5 Å². The van der Waals surface area contributed by atoms with Crippen molar-refractivity contribution in [1.82, 2.24) is 35.5 Å². The van der Waals surface area contributed by atoms with Crippen LogP contribution in [0.15, 0.2) is 48.8 Å². The van der Waals surface area contributed by atoms with Crippen molar-refractivity contribution in [2.24, 2.45) is 5.41 Å². The minimum Gasteiger partial charge on any atom is -0.480 e. The van der Waals surface area contributed by atoms with Crippen molar-refractivity contribution < 1.29 is 24.1 Å². The van der Waals surface area contributed by atoms with E-state index in [0.29, 0.717) is 94.9 Å². The Hall–Kier alpha value is -3.91. The number of aromatic nitrogens is 4. The maximum atomic E-state index is 11.5. The van der Waals surface area contributed by atoms with Gasteiger partial charge in [0, 0.05) is 73.4 Å². The first-order valence-electron chi connectivity index (χ1n) is 16.5. The monoisotopic (exact) mass is 721 g/mol. The second-order valence-corrected chi connectivity index (χ2v) is 13.5. The van der Waals surface area contributed by atoms with Crippen molar-refractivity contribution >= 4 is 29.1 Å². The number of amides is 1. The number of aliphatic hydroxyl groups excluding tert-OH is 1. The van der Waals surface area contributed by atoms with Crippen LogP contribution in [0.5, 0.6) is 11.8 Å². The average Bonchev–Trinajstić information content (AvgIpc) is 3.74. The van der Waals surface area contributed by atoms with Gasteiger partial charge in [0.15, 0.2) is 0 Å². The predicted molar refractivity (Wildman–Crippen MR) is 191 cm³/mol. The molecule has 50 heavy (non-hydrogen) atoms. The smallest absolute Gasteiger partial charge is 0.237 e. The maximum absolute atomic E-state index is 11.5. The van der Waals surface area contributed by atoms with E-state index >= 15 is 0 Å². The Morgan fingerprint density at radius 3 is 2.10 bits per heavy atom. The van der Waals surface area contributed by atoms with Crippen LogP contribution in [0.4, 0.5) is 0 Å². The Morgan fingerprint density at radius 1 is 0.940 bits per heavy atom. The highest BCUT2D eigenvalue weighted by atomic mass is 35.5. The van der Waals surface area contributed by atoms with E-state index < -0.39 is 0 Å². The topological polar surface area (TPSA) is 144 Å². The normalized spacial score (nSPS) is 19.2. The molecule has 4 heterocycles. The highest BCUT2D eigenvalue weighted by Crippen LogP contribution is 2.42. The largest absolute Gasteiger partial charge is 0.480 e. The van der Waals surface area contributed by atoms with Gasteiger partial charge in [0.2, 0.25) is 17.7 Å². The van der Waals surface area contributed by atoms with Gasteiger partial charge in [0.25, 0.3) is 0 Å². The lowest BCUT2D eigenvalue weighted by molar-refractivity contribution is -0.119. The first-order valence-corrected chi connectivity index (χ1v) is 17.2. The third-order valence-electron chi connectivity index (χ3n) is 9.29. The van der Waals surface area contributed by atoms with Crippen LogP contribution >= 0.6 is 23.2 Å². The molecule has 0 spiro atoms. The SMILES string of the molecule is COCC1(CO)CCN(Cc2ncc(-c3cccc(-c4cccc(-c5cnc(CNC[C@@H]6CCC(=O)N6)c(OC)n5)c4Cl)c3Cl)nc2OC)C1. The summed E-state index contributed by atoms with van der Waals surface area (Å²) in [5, 5.41) is 17.2. The van der Waals surface area contributed by atoms with Crippen LogP contribution in [0.3, 0.4) is 0 Å². The lowest BCUT2D eigenvalue weighted by atomic mass is 9.89. The first kappa shape index (κ1) is 35.9. The third kappa shape index (κ3) is 7.70. The van der Waals surface area contributed by atoms with E-state index in [1.54, 1.807) is 33.7 Å². The fourth-order valence-electron chi connectivity index (χ4n) is 6.65. The van der Waals surface area contributed by atoms with Gasteiger partial charge in [-0.15, -0.1) is 0 Å². The van der Waals surface area contributed by atoms with Gasteiger partial charge in [0.05, 0.1) is 61.3 Å². The van der Waals surface area contributed by atoms with E-state index in [4.69, 9.17) is 52.4 Å². The molecule has 0 bridgehead atoms. The van der Waals surface area contributed by atoms with Crippen LogP contribution in [0.2, 0.25) is 10.0 Å². The molecule has 2 aromatic heterocycles. The molecular weight excluding hydrogens is 681 g/mol. The number of halogens is 2. The number of likely N-dealkylation sites (tertiary alicyclic amines) is 1. The van der Waals surface area contributed by atoms with Crippen molar-refractivity contribution in [2.75, 3.05) is 54.2 Å². The van der Waals surface area contributed by atoms with E-state index in [-0.39, 0.29) is 24.0 Å². The molecule has 0 aliphatic carbocycles. The van der Waals surface area contributed by atoms with Gasteiger partial charge in [-0.2, -0.15) is 0 Å². The molecule has 14 heteroatoms. The standard InChI is InChI=1S/C36H41Cl2N7O5/c1-48-21-36(20-46)12-13-45(19-36)18-30-35(50-3)44-28(17-41-30)26-9-5-7-24(33(26)38)23-6-4-8-25(32(23)37)27-16-40-29(34(43-27)49-2)15-39-14-22-10-11-31(47)42-22/h4-9,16-17,22,39,46H,10-15,18-21H2,1-3H3,(H,42,47)/t22-,36?/m0/s1. The van der Waals surface area contributed by atoms with Crippen LogP contribution < -0.4 is 20.1 Å². The number of aliphatic hydroxyl groups is 1. The lowest BCUT2D eigenvalue weighted by Gasteiger charge is -2.26. The number of rotatable bonds is 14. The maximum Gasteiger partial charge on any atom is 0.237 e. The number of benzene rings is 2. The minimum absolute atomic E-state index is 0.0660. The summed E-state index contributed by atoms with van der Waals surface area (Å²) < 4.78 is 16.6. The van der Waals surface area contributed by atoms with E-state index in [1.807, 2.05) is 36.4 Å². The van der Waals surface area contributed by atoms with Crippen LogP contribution in [0.25, 0.3) is 33.6 Å². The quantitative estimate of drug-likeness (QED) is 0.165. The molecule has 2 aliphatic heterocycles. The van der Waals surface area contributed by atoms with Crippen molar-refractivity contribution in [1.29, 1.82) is 0 Å². The summed E-state index contributed by atoms with van der Waals surface area (Å²) in [5.74, 6) is 0.876. The van der Waals surface area contributed by atoms with Gasteiger partial charge in [-0.3, -0.25) is 19.7 Å². The van der Waals surface area contributed by atoms with E-state index in [0.717, 1.165) is 30.5 Å². The van der Waals surface area contributed by atoms with E-state index in [1.165, 1.54) is 0 Å². The molecule has 0 saturated carbocycles. The minimum atomic E-state index is -0.280.